The van der Waals surface area contributed by atoms with Gasteiger partial charge in [-0.15, -0.1) is 5.10 Å². The molecule has 0 amide bonds. The van der Waals surface area contributed by atoms with Crippen LogP contribution in [-0.4, -0.2) is 56.2 Å². The van der Waals surface area contributed by atoms with Crippen LogP contribution in [0.3, 0.4) is 0 Å². The molecule has 6 heteroatoms. The predicted octanol–water partition coefficient (Wildman–Crippen LogP) is 3.72. The third-order valence-corrected chi connectivity index (χ3v) is 6.02. The van der Waals surface area contributed by atoms with Crippen LogP contribution in [0.4, 0.5) is 0 Å². The van der Waals surface area contributed by atoms with E-state index in [4.69, 9.17) is 0 Å². The number of benzene rings is 1. The van der Waals surface area contributed by atoms with Crippen LogP contribution >= 0.6 is 0 Å². The van der Waals surface area contributed by atoms with Gasteiger partial charge in [-0.2, -0.15) is 0 Å². The zero-order valence-electron chi connectivity index (χ0n) is 18.2. The second-order valence-electron chi connectivity index (χ2n) is 9.06. The van der Waals surface area contributed by atoms with Crippen molar-refractivity contribution in [3.8, 4) is 0 Å². The summed E-state index contributed by atoms with van der Waals surface area (Å²) in [7, 11) is 0. The van der Waals surface area contributed by atoms with E-state index in [9.17, 15) is 0 Å². The lowest BCUT2D eigenvalue weighted by atomic mass is 9.98. The molecule has 154 valence electrons. The average molecular weight is 385 g/mol. The van der Waals surface area contributed by atoms with Crippen molar-refractivity contribution in [1.29, 1.82) is 0 Å². The smallest absolute Gasteiger partial charge is 0.168 e. The SMILES string of the molecule is CCC(C)(C)n1nnnc1[C@@H](CC(C)C)N1CCN(Cc2ccccc2)CC1. The van der Waals surface area contributed by atoms with Crippen molar-refractivity contribution < 1.29 is 0 Å². The summed E-state index contributed by atoms with van der Waals surface area (Å²) in [5, 5.41) is 12.9. The van der Waals surface area contributed by atoms with Gasteiger partial charge in [-0.25, -0.2) is 4.68 Å². The minimum Gasteiger partial charge on any atom is -0.297 e. The topological polar surface area (TPSA) is 50.1 Å². The van der Waals surface area contributed by atoms with Crippen molar-refractivity contribution in [3.05, 3.63) is 41.7 Å². The third kappa shape index (κ3) is 4.97. The van der Waals surface area contributed by atoms with Crippen LogP contribution in [0.15, 0.2) is 30.3 Å². The van der Waals surface area contributed by atoms with Gasteiger partial charge in [-0.1, -0.05) is 51.1 Å². The molecule has 1 atom stereocenters. The van der Waals surface area contributed by atoms with Gasteiger partial charge < -0.3 is 0 Å². The summed E-state index contributed by atoms with van der Waals surface area (Å²) in [6.45, 7) is 16.5. The van der Waals surface area contributed by atoms with Crippen molar-refractivity contribution >= 4 is 0 Å². The molecule has 0 radical (unpaired) electrons. The standard InChI is InChI=1S/C22H36N6/c1-6-22(4,5)28-21(23-24-25-28)20(16-18(2)3)27-14-12-26(13-15-27)17-19-10-8-7-9-11-19/h7-11,18,20H,6,12-17H2,1-5H3/t20-/m1/s1. The summed E-state index contributed by atoms with van der Waals surface area (Å²) < 4.78 is 2.07. The molecule has 1 aromatic heterocycles. The Morgan fingerprint density at radius 2 is 1.71 bits per heavy atom. The van der Waals surface area contributed by atoms with Crippen LogP contribution in [0.1, 0.15) is 64.9 Å². The summed E-state index contributed by atoms with van der Waals surface area (Å²) in [5.74, 6) is 1.62. The molecule has 1 saturated heterocycles. The second-order valence-corrected chi connectivity index (χ2v) is 9.06. The first-order chi connectivity index (χ1) is 13.4. The molecular formula is C22H36N6. The molecule has 1 aliphatic heterocycles. The van der Waals surface area contributed by atoms with Gasteiger partial charge >= 0.3 is 0 Å². The van der Waals surface area contributed by atoms with Gasteiger partial charge in [0.1, 0.15) is 0 Å². The Bertz CT molecular complexity index is 716. The number of tetrazole rings is 1. The van der Waals surface area contributed by atoms with E-state index < -0.39 is 0 Å². The Morgan fingerprint density at radius 1 is 1.04 bits per heavy atom. The van der Waals surface area contributed by atoms with E-state index in [2.05, 4.69) is 95.0 Å². The van der Waals surface area contributed by atoms with E-state index in [0.717, 1.165) is 51.4 Å². The lowest BCUT2D eigenvalue weighted by molar-refractivity contribution is 0.0737. The number of hydrogen-bond acceptors (Lipinski definition) is 5. The molecular weight excluding hydrogens is 348 g/mol. The Labute approximate surface area is 169 Å². The molecule has 3 rings (SSSR count). The fourth-order valence-corrected chi connectivity index (χ4v) is 3.92. The van der Waals surface area contributed by atoms with Gasteiger partial charge in [0.2, 0.25) is 0 Å². The Balaban J connectivity index is 1.71. The first-order valence-corrected chi connectivity index (χ1v) is 10.7. The van der Waals surface area contributed by atoms with Crippen LogP contribution in [0.25, 0.3) is 0 Å². The summed E-state index contributed by atoms with van der Waals surface area (Å²) in [6.07, 6.45) is 2.09. The highest BCUT2D eigenvalue weighted by molar-refractivity contribution is 5.14. The fraction of sp³-hybridized carbons (Fsp3) is 0.682. The van der Waals surface area contributed by atoms with Gasteiger partial charge in [0.15, 0.2) is 5.82 Å². The maximum atomic E-state index is 4.49. The highest BCUT2D eigenvalue weighted by Crippen LogP contribution is 2.30. The van der Waals surface area contributed by atoms with Crippen LogP contribution in [-0.2, 0) is 12.1 Å². The molecule has 1 aromatic carbocycles. The van der Waals surface area contributed by atoms with E-state index in [-0.39, 0.29) is 11.6 Å². The van der Waals surface area contributed by atoms with Crippen molar-refractivity contribution in [2.45, 2.75) is 65.6 Å². The monoisotopic (exact) mass is 384 g/mol. The largest absolute Gasteiger partial charge is 0.297 e. The molecule has 2 aromatic rings. The van der Waals surface area contributed by atoms with E-state index in [0.29, 0.717) is 5.92 Å². The molecule has 0 spiro atoms. The van der Waals surface area contributed by atoms with E-state index in [1.165, 1.54) is 5.56 Å². The normalized spacial score (nSPS) is 17.9. The minimum absolute atomic E-state index is 0.0663. The molecule has 0 unspecified atom stereocenters. The minimum atomic E-state index is -0.0663. The third-order valence-electron chi connectivity index (χ3n) is 6.02. The van der Waals surface area contributed by atoms with E-state index >= 15 is 0 Å². The summed E-state index contributed by atoms with van der Waals surface area (Å²) in [5.41, 5.74) is 1.33. The van der Waals surface area contributed by atoms with Gasteiger partial charge in [0, 0.05) is 32.7 Å². The van der Waals surface area contributed by atoms with Crippen molar-refractivity contribution in [2.24, 2.45) is 5.92 Å². The van der Waals surface area contributed by atoms with Gasteiger partial charge in [-0.05, 0) is 48.6 Å². The Morgan fingerprint density at radius 3 is 2.32 bits per heavy atom. The average Bonchev–Trinajstić information content (AvgIpc) is 3.18. The van der Waals surface area contributed by atoms with Gasteiger partial charge in [0.05, 0.1) is 11.6 Å². The lowest BCUT2D eigenvalue weighted by Crippen LogP contribution is -2.48. The highest BCUT2D eigenvalue weighted by atomic mass is 15.6. The molecule has 1 fully saturated rings. The van der Waals surface area contributed by atoms with Gasteiger partial charge in [0.25, 0.3) is 0 Å². The Hall–Kier alpha value is -1.79. The van der Waals surface area contributed by atoms with E-state index in [1.807, 2.05) is 0 Å². The molecule has 28 heavy (non-hydrogen) atoms. The maximum Gasteiger partial charge on any atom is 0.168 e. The number of hydrogen-bond donors (Lipinski definition) is 0. The van der Waals surface area contributed by atoms with Crippen LogP contribution in [0.5, 0.6) is 0 Å². The zero-order valence-corrected chi connectivity index (χ0v) is 18.2. The van der Waals surface area contributed by atoms with Crippen LogP contribution in [0, 0.1) is 5.92 Å². The van der Waals surface area contributed by atoms with Crippen LogP contribution < -0.4 is 0 Å². The summed E-state index contributed by atoms with van der Waals surface area (Å²) in [4.78, 5) is 5.15. The molecule has 2 heterocycles. The lowest BCUT2D eigenvalue weighted by Gasteiger charge is -2.40. The van der Waals surface area contributed by atoms with Crippen molar-refractivity contribution in [1.82, 2.24) is 30.0 Å². The van der Waals surface area contributed by atoms with E-state index in [1.54, 1.807) is 0 Å². The molecule has 0 bridgehead atoms. The van der Waals surface area contributed by atoms with Crippen molar-refractivity contribution in [2.75, 3.05) is 26.2 Å². The molecule has 0 aliphatic carbocycles. The molecule has 1 aliphatic rings. The zero-order chi connectivity index (χ0) is 20.1. The maximum absolute atomic E-state index is 4.49. The molecule has 0 N–H and O–H groups in total. The summed E-state index contributed by atoms with van der Waals surface area (Å²) in [6, 6.07) is 11.0. The summed E-state index contributed by atoms with van der Waals surface area (Å²) >= 11 is 0. The predicted molar refractivity (Wildman–Crippen MR) is 113 cm³/mol. The quantitative estimate of drug-likeness (QED) is 0.694. The first-order valence-electron chi connectivity index (χ1n) is 10.7. The van der Waals surface area contributed by atoms with Crippen LogP contribution in [0.2, 0.25) is 0 Å². The second kappa shape index (κ2) is 9.14. The molecule has 6 nitrogen and oxygen atoms in total. The fourth-order valence-electron chi connectivity index (χ4n) is 3.92. The Kier molecular flexibility index (Phi) is 6.83. The first kappa shape index (κ1) is 20.9. The van der Waals surface area contributed by atoms with Gasteiger partial charge in [-0.3, -0.25) is 9.80 Å². The molecule has 0 saturated carbocycles. The number of nitrogens with zero attached hydrogens (tertiary/aromatic N) is 6. The van der Waals surface area contributed by atoms with Crippen molar-refractivity contribution in [3.63, 3.8) is 0 Å². The number of rotatable bonds is 8. The number of piperazine rings is 1. The number of aromatic nitrogens is 4. The highest BCUT2D eigenvalue weighted by Gasteiger charge is 2.33.